The quantitative estimate of drug-likeness (QED) is 0.554. The van der Waals surface area contributed by atoms with E-state index < -0.39 is 6.23 Å². The molecule has 6 nitrogen and oxygen atoms in total. The summed E-state index contributed by atoms with van der Waals surface area (Å²) in [7, 11) is 0. The Kier molecular flexibility index (Phi) is 5.47. The van der Waals surface area contributed by atoms with E-state index in [1.807, 2.05) is 58.0 Å². The zero-order chi connectivity index (χ0) is 21.4. The molecule has 0 aliphatic carbocycles. The van der Waals surface area contributed by atoms with Crippen LogP contribution in [0.1, 0.15) is 42.3 Å². The van der Waals surface area contributed by atoms with Crippen molar-refractivity contribution in [3.8, 4) is 17.1 Å². The van der Waals surface area contributed by atoms with Crippen molar-refractivity contribution in [2.75, 3.05) is 10.7 Å². The maximum absolute atomic E-state index is 12.9. The minimum atomic E-state index is -0.652. The third-order valence-corrected chi connectivity index (χ3v) is 5.73. The van der Waals surface area contributed by atoms with Crippen molar-refractivity contribution in [3.63, 3.8) is 0 Å². The van der Waals surface area contributed by atoms with E-state index in [1.165, 1.54) is 11.8 Å². The van der Waals surface area contributed by atoms with Crippen molar-refractivity contribution in [3.05, 3.63) is 58.7 Å². The second-order valence-electron chi connectivity index (χ2n) is 7.43. The van der Waals surface area contributed by atoms with Gasteiger partial charge in [0.2, 0.25) is 23.2 Å². The van der Waals surface area contributed by atoms with Gasteiger partial charge in [0.15, 0.2) is 5.69 Å². The molecule has 0 unspecified atom stereocenters. The number of benzene rings is 2. The summed E-state index contributed by atoms with van der Waals surface area (Å²) in [5, 5.41) is 9.30. The predicted octanol–water partition coefficient (Wildman–Crippen LogP) is 5.02. The van der Waals surface area contributed by atoms with Crippen LogP contribution in [-0.2, 0) is 4.79 Å². The highest BCUT2D eigenvalue weighted by molar-refractivity contribution is 7.99. The monoisotopic (exact) mass is 420 g/mol. The number of rotatable bonds is 3. The standard InChI is InChI=1S/C23H24N4O2S/c1-6-30-23-24-21-19(25-26-23)18-12-14(3)11-15(4)20(18)27(16(5)28)22(29-21)17-9-7-13(2)8-10-17/h7-12,22H,6H2,1-5H3/t22-/m1/s1. The Labute approximate surface area is 180 Å². The molecular weight excluding hydrogens is 396 g/mol. The summed E-state index contributed by atoms with van der Waals surface area (Å²) in [5.74, 6) is 1.11. The second-order valence-corrected chi connectivity index (χ2v) is 8.66. The van der Waals surface area contributed by atoms with Crippen molar-refractivity contribution in [2.24, 2.45) is 0 Å². The van der Waals surface area contributed by atoms with E-state index in [0.29, 0.717) is 16.7 Å². The van der Waals surface area contributed by atoms with Gasteiger partial charge in [-0.25, -0.2) is 0 Å². The first-order valence-electron chi connectivity index (χ1n) is 9.91. The number of hydrogen-bond acceptors (Lipinski definition) is 6. The number of carbonyl (C=O) groups excluding carboxylic acids is 1. The van der Waals surface area contributed by atoms with Gasteiger partial charge in [0.05, 0.1) is 5.69 Å². The first-order valence-corrected chi connectivity index (χ1v) is 10.9. The number of hydrogen-bond donors (Lipinski definition) is 0. The van der Waals surface area contributed by atoms with E-state index in [0.717, 1.165) is 39.3 Å². The van der Waals surface area contributed by atoms with E-state index in [1.54, 1.807) is 11.8 Å². The SMILES string of the molecule is CCSc1nnc2c(n1)O[C@H](c1ccc(C)cc1)N(C(C)=O)c1c(C)cc(C)cc1-2. The highest BCUT2D eigenvalue weighted by Gasteiger charge is 2.35. The molecule has 3 aromatic rings. The lowest BCUT2D eigenvalue weighted by atomic mass is 10.00. The summed E-state index contributed by atoms with van der Waals surface area (Å²) in [4.78, 5) is 19.2. The van der Waals surface area contributed by atoms with Crippen molar-refractivity contribution >= 4 is 23.4 Å². The molecule has 0 N–H and O–H groups in total. The van der Waals surface area contributed by atoms with Crippen LogP contribution in [0.3, 0.4) is 0 Å². The van der Waals surface area contributed by atoms with Gasteiger partial charge in [0.1, 0.15) is 0 Å². The molecule has 7 heteroatoms. The summed E-state index contributed by atoms with van der Waals surface area (Å²) < 4.78 is 6.40. The fraction of sp³-hybridized carbons (Fsp3) is 0.304. The molecule has 1 atom stereocenters. The third-order valence-electron chi connectivity index (χ3n) is 5.01. The molecule has 0 fully saturated rings. The van der Waals surface area contributed by atoms with Gasteiger partial charge in [-0.3, -0.25) is 9.69 Å². The summed E-state index contributed by atoms with van der Waals surface area (Å²) >= 11 is 1.50. The molecule has 0 saturated carbocycles. The van der Waals surface area contributed by atoms with E-state index in [4.69, 9.17) is 4.74 Å². The predicted molar refractivity (Wildman–Crippen MR) is 119 cm³/mol. The molecule has 1 aromatic heterocycles. The van der Waals surface area contributed by atoms with Gasteiger partial charge in [-0.2, -0.15) is 4.98 Å². The van der Waals surface area contributed by atoms with Crippen molar-refractivity contribution in [2.45, 2.75) is 46.0 Å². The average molecular weight is 421 g/mol. The normalized spacial score (nSPS) is 15.1. The van der Waals surface area contributed by atoms with Crippen LogP contribution in [-0.4, -0.2) is 26.8 Å². The molecule has 1 amide bonds. The van der Waals surface area contributed by atoms with Crippen LogP contribution in [0.25, 0.3) is 11.3 Å². The van der Waals surface area contributed by atoms with Crippen molar-refractivity contribution in [1.29, 1.82) is 0 Å². The summed E-state index contributed by atoms with van der Waals surface area (Å²) in [6, 6.07) is 12.1. The smallest absolute Gasteiger partial charge is 0.247 e. The molecule has 4 rings (SSSR count). The van der Waals surface area contributed by atoms with E-state index >= 15 is 0 Å². The zero-order valence-corrected chi connectivity index (χ0v) is 18.6. The number of carbonyl (C=O) groups is 1. The minimum absolute atomic E-state index is 0.113. The third kappa shape index (κ3) is 3.65. The Morgan fingerprint density at radius 1 is 1.10 bits per heavy atom. The molecule has 0 saturated heterocycles. The van der Waals surface area contributed by atoms with Gasteiger partial charge in [0.25, 0.3) is 0 Å². The number of nitrogens with zero attached hydrogens (tertiary/aromatic N) is 4. The fourth-order valence-corrected chi connectivity index (χ4v) is 4.25. The Morgan fingerprint density at radius 3 is 2.50 bits per heavy atom. The molecule has 154 valence electrons. The fourth-order valence-electron chi connectivity index (χ4n) is 3.75. The molecule has 2 heterocycles. The lowest BCUT2D eigenvalue weighted by Crippen LogP contribution is -2.36. The average Bonchev–Trinajstić information content (AvgIpc) is 2.83. The van der Waals surface area contributed by atoms with Gasteiger partial charge in [0, 0.05) is 18.1 Å². The highest BCUT2D eigenvalue weighted by Crippen LogP contribution is 2.45. The first-order chi connectivity index (χ1) is 14.4. The molecule has 30 heavy (non-hydrogen) atoms. The molecular formula is C23H24N4O2S. The van der Waals surface area contributed by atoms with Crippen molar-refractivity contribution < 1.29 is 9.53 Å². The van der Waals surface area contributed by atoms with Crippen LogP contribution in [0.4, 0.5) is 5.69 Å². The molecule has 1 aliphatic heterocycles. The number of thioether (sulfide) groups is 1. The molecule has 0 radical (unpaired) electrons. The van der Waals surface area contributed by atoms with Crippen LogP contribution >= 0.6 is 11.8 Å². The summed E-state index contributed by atoms with van der Waals surface area (Å²) in [6.07, 6.45) is -0.652. The van der Waals surface area contributed by atoms with Gasteiger partial charge in [-0.1, -0.05) is 60.1 Å². The zero-order valence-electron chi connectivity index (χ0n) is 17.8. The Morgan fingerprint density at radius 2 is 1.83 bits per heavy atom. The maximum Gasteiger partial charge on any atom is 0.247 e. The molecule has 0 spiro atoms. The number of anilines is 1. The number of aryl methyl sites for hydroxylation is 3. The highest BCUT2D eigenvalue weighted by atomic mass is 32.2. The van der Waals surface area contributed by atoms with E-state index in [9.17, 15) is 4.79 Å². The van der Waals surface area contributed by atoms with Gasteiger partial charge < -0.3 is 4.74 Å². The maximum atomic E-state index is 12.9. The summed E-state index contributed by atoms with van der Waals surface area (Å²) in [5.41, 5.74) is 6.20. The number of aromatic nitrogens is 3. The van der Waals surface area contributed by atoms with Gasteiger partial charge in [-0.05, 0) is 38.2 Å². The second kappa shape index (κ2) is 8.07. The van der Waals surface area contributed by atoms with E-state index in [2.05, 4.69) is 21.2 Å². The van der Waals surface area contributed by atoms with Gasteiger partial charge in [-0.15, -0.1) is 10.2 Å². The number of amides is 1. The van der Waals surface area contributed by atoms with Gasteiger partial charge >= 0.3 is 0 Å². The van der Waals surface area contributed by atoms with Crippen LogP contribution in [0.2, 0.25) is 0 Å². The Hall–Kier alpha value is -2.93. The van der Waals surface area contributed by atoms with Crippen LogP contribution in [0, 0.1) is 20.8 Å². The van der Waals surface area contributed by atoms with Crippen LogP contribution in [0.5, 0.6) is 5.88 Å². The van der Waals surface area contributed by atoms with Crippen LogP contribution < -0.4 is 9.64 Å². The van der Waals surface area contributed by atoms with Crippen molar-refractivity contribution in [1.82, 2.24) is 15.2 Å². The molecule has 1 aliphatic rings. The molecule has 2 aromatic carbocycles. The molecule has 0 bridgehead atoms. The Bertz CT molecular complexity index is 1110. The van der Waals surface area contributed by atoms with Crippen LogP contribution in [0.15, 0.2) is 41.6 Å². The number of fused-ring (bicyclic) bond motifs is 3. The minimum Gasteiger partial charge on any atom is -0.447 e. The number of ether oxygens (including phenoxy) is 1. The topological polar surface area (TPSA) is 68.2 Å². The summed E-state index contributed by atoms with van der Waals surface area (Å²) in [6.45, 7) is 9.65. The lowest BCUT2D eigenvalue weighted by molar-refractivity contribution is -0.118. The van der Waals surface area contributed by atoms with E-state index in [-0.39, 0.29) is 5.91 Å². The largest absolute Gasteiger partial charge is 0.447 e. The lowest BCUT2D eigenvalue weighted by Gasteiger charge is -2.31. The first kappa shape index (κ1) is 20.3. The Balaban J connectivity index is 2.00.